The third kappa shape index (κ3) is 1.36. The topological polar surface area (TPSA) is 29.0 Å². The zero-order valence-corrected chi connectivity index (χ0v) is 7.74. The Kier molecular flexibility index (Phi) is 1.90. The van der Waals surface area contributed by atoms with E-state index >= 15 is 0 Å². The Hall–Kier alpha value is -1.19. The van der Waals surface area contributed by atoms with Crippen LogP contribution in [0.5, 0.6) is 0 Å². The molecule has 1 aliphatic heterocycles. The second-order valence-corrected chi connectivity index (χ2v) is 3.54. The molecule has 0 saturated carbocycles. The van der Waals surface area contributed by atoms with E-state index in [9.17, 15) is 4.39 Å². The molecule has 0 aliphatic carbocycles. The van der Waals surface area contributed by atoms with E-state index in [1.54, 1.807) is 0 Å². The third-order valence-corrected chi connectivity index (χ3v) is 2.47. The number of nitrogens with zero attached hydrogens (tertiary/aromatic N) is 3. The van der Waals surface area contributed by atoms with E-state index in [2.05, 4.69) is 28.7 Å². The molecule has 1 saturated heterocycles. The minimum atomic E-state index is -0.385. The van der Waals surface area contributed by atoms with Gasteiger partial charge in [0.2, 0.25) is 5.95 Å². The summed E-state index contributed by atoms with van der Waals surface area (Å²) in [6.45, 7) is 4.24. The van der Waals surface area contributed by atoms with E-state index in [1.165, 1.54) is 12.4 Å². The summed E-state index contributed by atoms with van der Waals surface area (Å²) in [5.41, 5.74) is 0. The normalized spacial score (nSPS) is 27.2. The first-order chi connectivity index (χ1) is 6.18. The molecule has 0 spiro atoms. The fourth-order valence-electron chi connectivity index (χ4n) is 1.85. The zero-order valence-electron chi connectivity index (χ0n) is 7.74. The average molecular weight is 181 g/mol. The summed E-state index contributed by atoms with van der Waals surface area (Å²) in [5, 5.41) is 0. The van der Waals surface area contributed by atoms with Gasteiger partial charge in [0, 0.05) is 12.1 Å². The number of rotatable bonds is 1. The Morgan fingerprint density at radius 2 is 1.85 bits per heavy atom. The third-order valence-electron chi connectivity index (χ3n) is 2.47. The van der Waals surface area contributed by atoms with Crippen molar-refractivity contribution < 1.29 is 4.39 Å². The van der Waals surface area contributed by atoms with Gasteiger partial charge < -0.3 is 4.90 Å². The first-order valence-corrected chi connectivity index (χ1v) is 4.44. The number of halogens is 1. The summed E-state index contributed by atoms with van der Waals surface area (Å²) in [6, 6.07) is 0.945. The van der Waals surface area contributed by atoms with Gasteiger partial charge in [-0.15, -0.1) is 0 Å². The number of hydrogen-bond donors (Lipinski definition) is 0. The summed E-state index contributed by atoms with van der Waals surface area (Å²) >= 11 is 0. The lowest BCUT2D eigenvalue weighted by Gasteiger charge is -2.45. The molecule has 0 bridgehead atoms. The van der Waals surface area contributed by atoms with Gasteiger partial charge in [0.25, 0.3) is 0 Å². The zero-order chi connectivity index (χ0) is 9.42. The lowest BCUT2D eigenvalue weighted by molar-refractivity contribution is 0.371. The van der Waals surface area contributed by atoms with Crippen molar-refractivity contribution in [2.45, 2.75) is 32.4 Å². The van der Waals surface area contributed by atoms with Crippen LogP contribution in [0.15, 0.2) is 12.4 Å². The van der Waals surface area contributed by atoms with E-state index in [0.29, 0.717) is 18.0 Å². The van der Waals surface area contributed by atoms with Crippen molar-refractivity contribution >= 4 is 5.95 Å². The van der Waals surface area contributed by atoms with Gasteiger partial charge in [0.15, 0.2) is 5.82 Å². The smallest absolute Gasteiger partial charge is 0.225 e. The Balaban J connectivity index is 2.21. The van der Waals surface area contributed by atoms with Crippen molar-refractivity contribution in [3.8, 4) is 0 Å². The highest BCUT2D eigenvalue weighted by Crippen LogP contribution is 2.28. The van der Waals surface area contributed by atoms with E-state index in [1.807, 2.05) is 0 Å². The van der Waals surface area contributed by atoms with Crippen molar-refractivity contribution in [2.24, 2.45) is 0 Å². The Morgan fingerprint density at radius 3 is 2.31 bits per heavy atom. The van der Waals surface area contributed by atoms with E-state index < -0.39 is 0 Å². The summed E-state index contributed by atoms with van der Waals surface area (Å²) in [5.74, 6) is 0.247. The molecule has 0 amide bonds. The predicted octanol–water partition coefficient (Wildman–Crippen LogP) is 1.60. The summed E-state index contributed by atoms with van der Waals surface area (Å²) in [4.78, 5) is 9.98. The van der Waals surface area contributed by atoms with Gasteiger partial charge in [0.1, 0.15) is 0 Å². The number of hydrogen-bond acceptors (Lipinski definition) is 3. The van der Waals surface area contributed by atoms with Crippen LogP contribution in [0.3, 0.4) is 0 Å². The molecule has 0 N–H and O–H groups in total. The largest absolute Gasteiger partial charge is 0.335 e. The Morgan fingerprint density at radius 1 is 1.31 bits per heavy atom. The van der Waals surface area contributed by atoms with Crippen LogP contribution in [0.1, 0.15) is 20.3 Å². The minimum Gasteiger partial charge on any atom is -0.335 e. The minimum absolute atomic E-state index is 0.385. The van der Waals surface area contributed by atoms with Crippen LogP contribution in [0.2, 0.25) is 0 Å². The van der Waals surface area contributed by atoms with Crippen LogP contribution in [0.25, 0.3) is 0 Å². The Bertz CT molecular complexity index is 290. The lowest BCUT2D eigenvalue weighted by Crippen LogP contribution is -2.53. The van der Waals surface area contributed by atoms with Crippen molar-refractivity contribution in [2.75, 3.05) is 4.90 Å². The highest BCUT2D eigenvalue weighted by Gasteiger charge is 2.33. The number of aromatic nitrogens is 2. The van der Waals surface area contributed by atoms with Gasteiger partial charge in [0.05, 0.1) is 12.4 Å². The van der Waals surface area contributed by atoms with Gasteiger partial charge in [-0.1, -0.05) is 0 Å². The standard InChI is InChI=1S/C9H12FN3/c1-6-3-7(2)13(6)9-11-4-8(10)5-12-9/h4-7H,3H2,1-2H3. The van der Waals surface area contributed by atoms with Crippen molar-refractivity contribution in [3.05, 3.63) is 18.2 Å². The molecule has 13 heavy (non-hydrogen) atoms. The fraction of sp³-hybridized carbons (Fsp3) is 0.556. The molecular formula is C9H12FN3. The maximum atomic E-state index is 12.5. The van der Waals surface area contributed by atoms with Gasteiger partial charge in [-0.05, 0) is 20.3 Å². The van der Waals surface area contributed by atoms with E-state index in [-0.39, 0.29) is 5.82 Å². The molecule has 70 valence electrons. The van der Waals surface area contributed by atoms with Crippen molar-refractivity contribution in [1.82, 2.24) is 9.97 Å². The highest BCUT2D eigenvalue weighted by atomic mass is 19.1. The molecule has 1 aliphatic rings. The molecule has 4 heteroatoms. The highest BCUT2D eigenvalue weighted by molar-refractivity contribution is 5.36. The first kappa shape index (κ1) is 8.41. The second kappa shape index (κ2) is 2.94. The number of anilines is 1. The van der Waals surface area contributed by atoms with Crippen molar-refractivity contribution in [1.29, 1.82) is 0 Å². The maximum Gasteiger partial charge on any atom is 0.225 e. The molecule has 2 unspecified atom stereocenters. The molecule has 3 nitrogen and oxygen atoms in total. The molecule has 1 aromatic heterocycles. The average Bonchev–Trinajstić information content (AvgIpc) is 2.09. The van der Waals surface area contributed by atoms with Crippen LogP contribution < -0.4 is 4.90 Å². The quantitative estimate of drug-likeness (QED) is 0.659. The van der Waals surface area contributed by atoms with Gasteiger partial charge in [-0.3, -0.25) is 0 Å². The molecule has 2 heterocycles. The molecule has 2 rings (SSSR count). The molecule has 0 radical (unpaired) electrons. The van der Waals surface area contributed by atoms with Gasteiger partial charge in [-0.25, -0.2) is 14.4 Å². The summed E-state index contributed by atoms with van der Waals surface area (Å²) in [7, 11) is 0. The SMILES string of the molecule is CC1CC(C)N1c1ncc(F)cn1. The molecule has 2 atom stereocenters. The van der Waals surface area contributed by atoms with Crippen LogP contribution in [0, 0.1) is 5.82 Å². The maximum absolute atomic E-state index is 12.5. The fourth-order valence-corrected chi connectivity index (χ4v) is 1.85. The van der Waals surface area contributed by atoms with E-state index in [4.69, 9.17) is 0 Å². The first-order valence-electron chi connectivity index (χ1n) is 4.44. The Labute approximate surface area is 76.6 Å². The summed E-state index contributed by atoms with van der Waals surface area (Å²) in [6.07, 6.45) is 3.57. The predicted molar refractivity (Wildman–Crippen MR) is 48.0 cm³/mol. The van der Waals surface area contributed by atoms with Crippen LogP contribution in [-0.2, 0) is 0 Å². The summed E-state index contributed by atoms with van der Waals surface area (Å²) < 4.78 is 12.5. The van der Waals surface area contributed by atoms with Crippen LogP contribution in [0.4, 0.5) is 10.3 Å². The van der Waals surface area contributed by atoms with E-state index in [0.717, 1.165) is 6.42 Å². The van der Waals surface area contributed by atoms with Crippen LogP contribution >= 0.6 is 0 Å². The lowest BCUT2D eigenvalue weighted by atomic mass is 9.97. The second-order valence-electron chi connectivity index (χ2n) is 3.54. The molecule has 0 aromatic carbocycles. The van der Waals surface area contributed by atoms with Gasteiger partial charge >= 0.3 is 0 Å². The van der Waals surface area contributed by atoms with Crippen LogP contribution in [-0.4, -0.2) is 22.1 Å². The molecule has 1 aromatic rings. The monoisotopic (exact) mass is 181 g/mol. The molecular weight excluding hydrogens is 169 g/mol. The van der Waals surface area contributed by atoms with Crippen molar-refractivity contribution in [3.63, 3.8) is 0 Å². The van der Waals surface area contributed by atoms with Gasteiger partial charge in [-0.2, -0.15) is 0 Å². The molecule has 1 fully saturated rings.